The van der Waals surface area contributed by atoms with Crippen molar-refractivity contribution in [1.29, 1.82) is 0 Å². The van der Waals surface area contributed by atoms with Gasteiger partial charge in [0, 0.05) is 11.4 Å². The normalized spacial score (nSPS) is 30.4. The molecule has 2 nitrogen and oxygen atoms in total. The molecule has 1 N–H and O–H groups in total. The van der Waals surface area contributed by atoms with Crippen LogP contribution in [0.2, 0.25) is 0 Å². The van der Waals surface area contributed by atoms with E-state index in [0.29, 0.717) is 12.0 Å². The van der Waals surface area contributed by atoms with E-state index in [9.17, 15) is 4.55 Å². The second-order valence-corrected chi connectivity index (χ2v) is 7.04. The Kier molecular flexibility index (Phi) is 4.04. The number of hydrogen-bond acceptors (Lipinski definition) is 2. The Morgan fingerprint density at radius 2 is 1.93 bits per heavy atom. The summed E-state index contributed by atoms with van der Waals surface area (Å²) >= 11 is -0.947. The highest BCUT2D eigenvalue weighted by molar-refractivity contribution is 7.90. The first-order valence-electron chi connectivity index (χ1n) is 5.26. The SMILES string of the molecule is CC1C=CC(N[S+]([O-])C(C)(C)C)CC1. The summed E-state index contributed by atoms with van der Waals surface area (Å²) in [7, 11) is 0. The second-order valence-electron chi connectivity index (χ2n) is 5.04. The van der Waals surface area contributed by atoms with Crippen molar-refractivity contribution in [3.8, 4) is 0 Å². The van der Waals surface area contributed by atoms with Crippen LogP contribution >= 0.6 is 0 Å². The van der Waals surface area contributed by atoms with Gasteiger partial charge >= 0.3 is 0 Å². The highest BCUT2D eigenvalue weighted by Gasteiger charge is 2.29. The molecule has 14 heavy (non-hydrogen) atoms. The Hall–Kier alpha value is 0.01000. The predicted octanol–water partition coefficient (Wildman–Crippen LogP) is 2.39. The molecule has 0 aromatic carbocycles. The van der Waals surface area contributed by atoms with E-state index < -0.39 is 11.4 Å². The van der Waals surface area contributed by atoms with Crippen LogP contribution in [-0.2, 0) is 11.4 Å². The summed E-state index contributed by atoms with van der Waals surface area (Å²) in [5.41, 5.74) is 0. The van der Waals surface area contributed by atoms with Gasteiger partial charge in [0.2, 0.25) is 0 Å². The lowest BCUT2D eigenvalue weighted by Crippen LogP contribution is -2.44. The largest absolute Gasteiger partial charge is 0.598 e. The van der Waals surface area contributed by atoms with E-state index in [1.807, 2.05) is 20.8 Å². The third kappa shape index (κ3) is 3.64. The molecule has 0 saturated heterocycles. The molecule has 0 heterocycles. The average Bonchev–Trinajstić information content (AvgIpc) is 2.07. The van der Waals surface area contributed by atoms with E-state index >= 15 is 0 Å². The Labute approximate surface area is 90.5 Å². The summed E-state index contributed by atoms with van der Waals surface area (Å²) in [6, 6.07) is 0.297. The lowest BCUT2D eigenvalue weighted by atomic mass is 9.95. The fourth-order valence-corrected chi connectivity index (χ4v) is 2.20. The molecule has 0 amide bonds. The summed E-state index contributed by atoms with van der Waals surface area (Å²) in [5.74, 6) is 0.677. The quantitative estimate of drug-likeness (QED) is 0.567. The minimum Gasteiger partial charge on any atom is -0.598 e. The predicted molar refractivity (Wildman–Crippen MR) is 62.4 cm³/mol. The van der Waals surface area contributed by atoms with Crippen LogP contribution in [-0.4, -0.2) is 15.3 Å². The third-order valence-electron chi connectivity index (χ3n) is 2.42. The fraction of sp³-hybridized carbons (Fsp3) is 0.818. The number of rotatable bonds is 2. The lowest BCUT2D eigenvalue weighted by Gasteiger charge is -2.28. The standard InChI is InChI=1S/C11H21NOS/c1-9-5-7-10(8-6-9)12-14(13)11(2,3)4/h5,7,9-10,12H,6,8H2,1-4H3. The molecule has 1 aliphatic rings. The smallest absolute Gasteiger partial charge is 0.136 e. The van der Waals surface area contributed by atoms with Gasteiger partial charge in [-0.05, 0) is 39.5 Å². The average molecular weight is 215 g/mol. The number of hydrogen-bond donors (Lipinski definition) is 1. The van der Waals surface area contributed by atoms with Gasteiger partial charge in [0.1, 0.15) is 4.75 Å². The van der Waals surface area contributed by atoms with Crippen LogP contribution in [0.25, 0.3) is 0 Å². The minimum absolute atomic E-state index is 0.170. The van der Waals surface area contributed by atoms with Crippen LogP contribution in [0, 0.1) is 5.92 Å². The summed E-state index contributed by atoms with van der Waals surface area (Å²) in [6.45, 7) is 8.19. The van der Waals surface area contributed by atoms with Gasteiger partial charge in [0.25, 0.3) is 0 Å². The van der Waals surface area contributed by atoms with Crippen molar-refractivity contribution in [3.05, 3.63) is 12.2 Å². The molecule has 0 aliphatic heterocycles. The van der Waals surface area contributed by atoms with Gasteiger partial charge in [-0.1, -0.05) is 19.1 Å². The molecule has 0 aromatic rings. The van der Waals surface area contributed by atoms with E-state index in [1.54, 1.807) is 0 Å². The van der Waals surface area contributed by atoms with Crippen molar-refractivity contribution in [1.82, 2.24) is 4.72 Å². The summed E-state index contributed by atoms with van der Waals surface area (Å²) in [5, 5.41) is 0. The molecule has 0 saturated carbocycles. The first-order valence-corrected chi connectivity index (χ1v) is 6.41. The van der Waals surface area contributed by atoms with Gasteiger partial charge in [-0.25, -0.2) is 0 Å². The van der Waals surface area contributed by atoms with Crippen LogP contribution in [0.15, 0.2) is 12.2 Å². The van der Waals surface area contributed by atoms with Crippen molar-refractivity contribution < 1.29 is 4.55 Å². The molecule has 0 bridgehead atoms. The number of allylic oxidation sites excluding steroid dienone is 1. The van der Waals surface area contributed by atoms with Gasteiger partial charge in [-0.15, -0.1) is 4.72 Å². The zero-order valence-electron chi connectivity index (χ0n) is 9.54. The topological polar surface area (TPSA) is 35.1 Å². The molecule has 0 fully saturated rings. The second kappa shape index (κ2) is 4.69. The van der Waals surface area contributed by atoms with Crippen LogP contribution in [0.4, 0.5) is 0 Å². The van der Waals surface area contributed by atoms with E-state index in [-0.39, 0.29) is 4.75 Å². The van der Waals surface area contributed by atoms with Gasteiger partial charge in [-0.3, -0.25) is 0 Å². The zero-order valence-corrected chi connectivity index (χ0v) is 10.4. The summed E-state index contributed by atoms with van der Waals surface area (Å²) in [6.07, 6.45) is 6.65. The summed E-state index contributed by atoms with van der Waals surface area (Å²) in [4.78, 5) is 0. The van der Waals surface area contributed by atoms with E-state index in [1.165, 1.54) is 6.42 Å². The molecule has 3 heteroatoms. The van der Waals surface area contributed by atoms with E-state index in [0.717, 1.165) is 6.42 Å². The van der Waals surface area contributed by atoms with Crippen molar-refractivity contribution in [2.45, 2.75) is 51.3 Å². The van der Waals surface area contributed by atoms with Crippen molar-refractivity contribution >= 4 is 11.4 Å². The van der Waals surface area contributed by atoms with Crippen LogP contribution < -0.4 is 4.72 Å². The minimum atomic E-state index is -0.947. The molecule has 0 spiro atoms. The van der Waals surface area contributed by atoms with Crippen molar-refractivity contribution in [2.24, 2.45) is 5.92 Å². The highest BCUT2D eigenvalue weighted by atomic mass is 32.2. The van der Waals surface area contributed by atoms with E-state index in [4.69, 9.17) is 0 Å². The van der Waals surface area contributed by atoms with Crippen LogP contribution in [0.3, 0.4) is 0 Å². The van der Waals surface area contributed by atoms with Gasteiger partial charge < -0.3 is 4.55 Å². The maximum absolute atomic E-state index is 11.8. The Balaban J connectivity index is 2.42. The molecular formula is C11H21NOS. The first-order chi connectivity index (χ1) is 6.39. The van der Waals surface area contributed by atoms with Gasteiger partial charge in [-0.2, -0.15) is 0 Å². The Bertz CT molecular complexity index is 210. The van der Waals surface area contributed by atoms with Crippen LogP contribution in [0.5, 0.6) is 0 Å². The zero-order chi connectivity index (χ0) is 10.8. The molecule has 3 atom stereocenters. The fourth-order valence-electron chi connectivity index (χ4n) is 1.37. The Morgan fingerprint density at radius 1 is 1.29 bits per heavy atom. The number of nitrogens with one attached hydrogen (secondary N) is 1. The molecule has 0 aromatic heterocycles. The van der Waals surface area contributed by atoms with E-state index in [2.05, 4.69) is 23.8 Å². The lowest BCUT2D eigenvalue weighted by molar-refractivity contribution is 0.493. The van der Waals surface area contributed by atoms with Gasteiger partial charge in [0.05, 0.1) is 6.04 Å². The highest BCUT2D eigenvalue weighted by Crippen LogP contribution is 2.20. The molecule has 1 rings (SSSR count). The monoisotopic (exact) mass is 215 g/mol. The third-order valence-corrected chi connectivity index (χ3v) is 4.05. The molecule has 1 aliphatic carbocycles. The first kappa shape index (κ1) is 12.1. The summed E-state index contributed by atoms with van der Waals surface area (Å²) < 4.78 is 14.8. The van der Waals surface area contributed by atoms with Gasteiger partial charge in [0.15, 0.2) is 0 Å². The van der Waals surface area contributed by atoms with Crippen molar-refractivity contribution in [3.63, 3.8) is 0 Å². The van der Waals surface area contributed by atoms with Crippen molar-refractivity contribution in [2.75, 3.05) is 0 Å². The molecule has 3 unspecified atom stereocenters. The maximum atomic E-state index is 11.8. The molecule has 82 valence electrons. The molecular weight excluding hydrogens is 194 g/mol. The Morgan fingerprint density at radius 3 is 2.36 bits per heavy atom. The van der Waals surface area contributed by atoms with Crippen LogP contribution in [0.1, 0.15) is 40.5 Å². The maximum Gasteiger partial charge on any atom is 0.136 e. The molecule has 0 radical (unpaired) electrons.